The fraction of sp³-hybridized carbons (Fsp3) is 0.481. The summed E-state index contributed by atoms with van der Waals surface area (Å²) < 4.78 is 0. The molecule has 0 aliphatic carbocycles. The SMILES string of the molecule is CCCCCC(=Nc1cc(C)cc(C)c1)C(CCCC)=Nc1cc(C)cc(C)c1.[Pd]. The van der Waals surface area contributed by atoms with Crippen molar-refractivity contribution in [1.29, 1.82) is 0 Å². The Bertz CT molecular complexity index is 825. The summed E-state index contributed by atoms with van der Waals surface area (Å²) in [6, 6.07) is 13.1. The summed E-state index contributed by atoms with van der Waals surface area (Å²) in [7, 11) is 0. The third kappa shape index (κ3) is 9.07. The van der Waals surface area contributed by atoms with Crippen LogP contribution < -0.4 is 0 Å². The predicted molar refractivity (Wildman–Crippen MR) is 130 cm³/mol. The maximum Gasteiger partial charge on any atom is 0.0639 e. The first-order valence-electron chi connectivity index (χ1n) is 11.2. The van der Waals surface area contributed by atoms with Crippen LogP contribution in [0.15, 0.2) is 46.4 Å². The van der Waals surface area contributed by atoms with Gasteiger partial charge < -0.3 is 0 Å². The van der Waals surface area contributed by atoms with E-state index >= 15 is 0 Å². The number of aliphatic imine (C=N–C) groups is 2. The zero-order valence-corrected chi connectivity index (χ0v) is 21.2. The third-order valence-corrected chi connectivity index (χ3v) is 5.06. The van der Waals surface area contributed by atoms with Crippen LogP contribution in [0, 0.1) is 27.7 Å². The standard InChI is InChI=1S/C27H38N2.Pd/c1-7-9-11-13-27(29-25-18-22(5)15-23(6)19-25)26(12-10-8-2)28-24-16-20(3)14-21(4)17-24;/h14-19H,7-13H2,1-6H3;. The van der Waals surface area contributed by atoms with Crippen molar-refractivity contribution in [3.63, 3.8) is 0 Å². The molecule has 0 unspecified atom stereocenters. The second kappa shape index (κ2) is 13.7. The van der Waals surface area contributed by atoms with Crippen molar-refractivity contribution in [2.45, 2.75) is 86.5 Å². The zero-order chi connectivity index (χ0) is 21.2. The molecule has 30 heavy (non-hydrogen) atoms. The number of unbranched alkanes of at least 4 members (excludes halogenated alkanes) is 3. The van der Waals surface area contributed by atoms with Crippen LogP contribution in [-0.4, -0.2) is 11.4 Å². The van der Waals surface area contributed by atoms with Gasteiger partial charge in [0.1, 0.15) is 0 Å². The molecule has 3 heteroatoms. The molecule has 0 aliphatic rings. The molecule has 0 amide bonds. The summed E-state index contributed by atoms with van der Waals surface area (Å²) in [5, 5.41) is 0. The van der Waals surface area contributed by atoms with Gasteiger partial charge in [-0.1, -0.05) is 45.2 Å². The molecule has 0 bridgehead atoms. The van der Waals surface area contributed by atoms with Gasteiger partial charge in [-0.2, -0.15) is 0 Å². The van der Waals surface area contributed by atoms with E-state index in [1.807, 2.05) is 0 Å². The average Bonchev–Trinajstić information content (AvgIpc) is 2.63. The zero-order valence-electron chi connectivity index (χ0n) is 19.6. The maximum atomic E-state index is 5.13. The maximum absolute atomic E-state index is 5.13. The largest absolute Gasteiger partial charge is 0.252 e. The molecule has 0 saturated carbocycles. The summed E-state index contributed by atoms with van der Waals surface area (Å²) in [6.45, 7) is 13.1. The minimum atomic E-state index is 0. The summed E-state index contributed by atoms with van der Waals surface area (Å²) in [6.07, 6.45) is 7.90. The van der Waals surface area contributed by atoms with Crippen LogP contribution in [0.3, 0.4) is 0 Å². The molecule has 0 N–H and O–H groups in total. The third-order valence-electron chi connectivity index (χ3n) is 5.06. The number of hydrogen-bond donors (Lipinski definition) is 0. The normalized spacial score (nSPS) is 12.1. The van der Waals surface area contributed by atoms with E-state index in [1.54, 1.807) is 0 Å². The Kier molecular flexibility index (Phi) is 12.1. The Morgan fingerprint density at radius 2 is 0.933 bits per heavy atom. The summed E-state index contributed by atoms with van der Waals surface area (Å²) in [4.78, 5) is 10.3. The van der Waals surface area contributed by atoms with E-state index in [2.05, 4.69) is 77.9 Å². The van der Waals surface area contributed by atoms with E-state index in [1.165, 1.54) is 35.1 Å². The van der Waals surface area contributed by atoms with Crippen LogP contribution in [0.25, 0.3) is 0 Å². The van der Waals surface area contributed by atoms with Crippen LogP contribution in [0.1, 0.15) is 81.0 Å². The van der Waals surface area contributed by atoms with Gasteiger partial charge in [0.05, 0.1) is 22.8 Å². The molecule has 2 rings (SSSR count). The molecule has 0 fully saturated rings. The van der Waals surface area contributed by atoms with E-state index < -0.39 is 0 Å². The number of aryl methyl sites for hydroxylation is 4. The number of benzene rings is 2. The first-order chi connectivity index (χ1) is 13.9. The Labute approximate surface area is 198 Å². The summed E-state index contributed by atoms with van der Waals surface area (Å²) >= 11 is 0. The van der Waals surface area contributed by atoms with Gasteiger partial charge in [-0.05, 0) is 99.9 Å². The Hall–Kier alpha value is -1.56. The first kappa shape index (κ1) is 26.5. The van der Waals surface area contributed by atoms with E-state index in [-0.39, 0.29) is 20.4 Å². The first-order valence-corrected chi connectivity index (χ1v) is 11.2. The Morgan fingerprint density at radius 1 is 0.567 bits per heavy atom. The van der Waals surface area contributed by atoms with E-state index in [0.717, 1.165) is 54.9 Å². The van der Waals surface area contributed by atoms with Gasteiger partial charge in [0.15, 0.2) is 0 Å². The van der Waals surface area contributed by atoms with Crippen molar-refractivity contribution in [2.75, 3.05) is 0 Å². The van der Waals surface area contributed by atoms with Gasteiger partial charge in [-0.3, -0.25) is 9.98 Å². The number of rotatable bonds is 10. The average molecular weight is 497 g/mol. The van der Waals surface area contributed by atoms with Gasteiger partial charge >= 0.3 is 0 Å². The Morgan fingerprint density at radius 3 is 1.30 bits per heavy atom. The molecule has 0 saturated heterocycles. The topological polar surface area (TPSA) is 24.7 Å². The molecule has 2 aromatic carbocycles. The van der Waals surface area contributed by atoms with Crippen molar-refractivity contribution in [2.24, 2.45) is 9.98 Å². The van der Waals surface area contributed by atoms with Crippen LogP contribution in [0.2, 0.25) is 0 Å². The quantitative estimate of drug-likeness (QED) is 0.179. The van der Waals surface area contributed by atoms with Crippen LogP contribution >= 0.6 is 0 Å². The van der Waals surface area contributed by atoms with Crippen molar-refractivity contribution >= 4 is 22.8 Å². The summed E-state index contributed by atoms with van der Waals surface area (Å²) in [5.74, 6) is 0. The van der Waals surface area contributed by atoms with Gasteiger partial charge in [0.25, 0.3) is 0 Å². The monoisotopic (exact) mass is 496 g/mol. The fourth-order valence-corrected chi connectivity index (χ4v) is 3.76. The molecular formula is C27H38N2Pd. The number of nitrogens with zero attached hydrogens (tertiary/aromatic N) is 2. The molecule has 0 atom stereocenters. The molecule has 0 heterocycles. The molecule has 0 aromatic heterocycles. The minimum absolute atomic E-state index is 0. The van der Waals surface area contributed by atoms with E-state index in [4.69, 9.17) is 9.98 Å². The number of hydrogen-bond acceptors (Lipinski definition) is 2. The minimum Gasteiger partial charge on any atom is -0.252 e. The van der Waals surface area contributed by atoms with Gasteiger partial charge in [-0.25, -0.2) is 0 Å². The molecule has 0 aliphatic heterocycles. The molecule has 0 radical (unpaired) electrons. The van der Waals surface area contributed by atoms with E-state index in [0.29, 0.717) is 0 Å². The Balaban J connectivity index is 0.00000450. The van der Waals surface area contributed by atoms with E-state index in [9.17, 15) is 0 Å². The predicted octanol–water partition coefficient (Wildman–Crippen LogP) is 8.53. The molecule has 2 aromatic rings. The van der Waals surface area contributed by atoms with Crippen LogP contribution in [0.5, 0.6) is 0 Å². The smallest absolute Gasteiger partial charge is 0.0639 e. The van der Waals surface area contributed by atoms with Gasteiger partial charge in [0.2, 0.25) is 0 Å². The second-order valence-corrected chi connectivity index (χ2v) is 8.37. The summed E-state index contributed by atoms with van der Waals surface area (Å²) in [5.41, 5.74) is 9.48. The van der Waals surface area contributed by atoms with Crippen molar-refractivity contribution in [3.8, 4) is 0 Å². The van der Waals surface area contributed by atoms with Crippen molar-refractivity contribution < 1.29 is 20.4 Å². The molecule has 166 valence electrons. The molecule has 2 nitrogen and oxygen atoms in total. The van der Waals surface area contributed by atoms with Crippen molar-refractivity contribution in [1.82, 2.24) is 0 Å². The van der Waals surface area contributed by atoms with Gasteiger partial charge in [0, 0.05) is 20.4 Å². The van der Waals surface area contributed by atoms with Crippen LogP contribution in [-0.2, 0) is 20.4 Å². The van der Waals surface area contributed by atoms with Gasteiger partial charge in [-0.15, -0.1) is 0 Å². The molecular weight excluding hydrogens is 459 g/mol. The fourth-order valence-electron chi connectivity index (χ4n) is 3.76. The molecule has 0 spiro atoms. The van der Waals surface area contributed by atoms with Crippen molar-refractivity contribution in [3.05, 3.63) is 58.7 Å². The van der Waals surface area contributed by atoms with Crippen LogP contribution in [0.4, 0.5) is 11.4 Å². The second-order valence-electron chi connectivity index (χ2n) is 8.37.